The Bertz CT molecular complexity index is 379. The zero-order valence-corrected chi connectivity index (χ0v) is 7.64. The van der Waals surface area contributed by atoms with Crippen molar-refractivity contribution in [2.24, 2.45) is 0 Å². The second-order valence-electron chi connectivity index (χ2n) is 2.85. The molecule has 0 aliphatic carbocycles. The fraction of sp³-hybridized carbons (Fsp3) is 0. The summed E-state index contributed by atoms with van der Waals surface area (Å²) in [6.45, 7) is 3.95. The van der Waals surface area contributed by atoms with Crippen LogP contribution in [0.5, 0.6) is 0 Å². The third-order valence-corrected chi connectivity index (χ3v) is 1.89. The fourth-order valence-corrected chi connectivity index (χ4v) is 1.17. The van der Waals surface area contributed by atoms with Crippen LogP contribution >= 0.6 is 0 Å². The Morgan fingerprint density at radius 2 is 2.00 bits per heavy atom. The van der Waals surface area contributed by atoms with Crippen molar-refractivity contribution in [3.63, 3.8) is 0 Å². The maximum atomic E-state index is 4.20. The molecular formula is C12H9N2. The molecule has 2 heterocycles. The normalized spacial score (nSPS) is 9.71. The number of pyridine rings is 2. The topological polar surface area (TPSA) is 25.8 Å². The number of rotatable bonds is 2. The molecule has 0 unspecified atom stereocenters. The fourth-order valence-electron chi connectivity index (χ4n) is 1.17. The summed E-state index contributed by atoms with van der Waals surface area (Å²) in [6, 6.07) is 11.3. The number of hydrogen-bond acceptors (Lipinski definition) is 2. The first-order valence-corrected chi connectivity index (χ1v) is 4.32. The van der Waals surface area contributed by atoms with Crippen LogP contribution in [0.15, 0.2) is 49.2 Å². The highest BCUT2D eigenvalue weighted by Gasteiger charge is 2.02. The van der Waals surface area contributed by atoms with Crippen LogP contribution in [0.25, 0.3) is 5.57 Å². The highest BCUT2D eigenvalue weighted by molar-refractivity contribution is 5.73. The molecule has 14 heavy (non-hydrogen) atoms. The second kappa shape index (κ2) is 3.83. The van der Waals surface area contributed by atoms with Crippen LogP contribution in [-0.2, 0) is 0 Å². The second-order valence-corrected chi connectivity index (χ2v) is 2.85. The van der Waals surface area contributed by atoms with Gasteiger partial charge in [0.1, 0.15) is 0 Å². The summed E-state index contributed by atoms with van der Waals surface area (Å²) in [6.07, 6.45) is 4.52. The van der Waals surface area contributed by atoms with E-state index < -0.39 is 0 Å². The summed E-state index contributed by atoms with van der Waals surface area (Å²) < 4.78 is 0. The molecule has 0 spiro atoms. The van der Waals surface area contributed by atoms with Crippen molar-refractivity contribution in [2.45, 2.75) is 0 Å². The van der Waals surface area contributed by atoms with Crippen LogP contribution < -0.4 is 0 Å². The van der Waals surface area contributed by atoms with Gasteiger partial charge >= 0.3 is 0 Å². The van der Waals surface area contributed by atoms with Crippen molar-refractivity contribution in [1.29, 1.82) is 0 Å². The molecular weight excluding hydrogens is 172 g/mol. The molecule has 0 N–H and O–H groups in total. The maximum Gasteiger partial charge on any atom is 0.0893 e. The van der Waals surface area contributed by atoms with E-state index in [2.05, 4.69) is 22.7 Å². The molecule has 2 aromatic rings. The van der Waals surface area contributed by atoms with E-state index >= 15 is 0 Å². The van der Waals surface area contributed by atoms with Gasteiger partial charge in [-0.15, -0.1) is 0 Å². The lowest BCUT2D eigenvalue weighted by Gasteiger charge is -2.02. The van der Waals surface area contributed by atoms with E-state index in [-0.39, 0.29) is 0 Å². The molecule has 0 aliphatic rings. The van der Waals surface area contributed by atoms with E-state index in [1.807, 2.05) is 30.3 Å². The van der Waals surface area contributed by atoms with E-state index in [4.69, 9.17) is 0 Å². The van der Waals surface area contributed by atoms with E-state index in [0.29, 0.717) is 0 Å². The standard InChI is InChI=1S/C12H9N2/c1-10(11-6-2-4-8-13-11)12-7-3-5-9-14-12/h2-8H,1H2. The molecule has 0 aromatic carbocycles. The van der Waals surface area contributed by atoms with Crippen molar-refractivity contribution >= 4 is 5.57 Å². The first kappa shape index (κ1) is 8.63. The third kappa shape index (κ3) is 1.69. The van der Waals surface area contributed by atoms with Crippen molar-refractivity contribution < 1.29 is 0 Å². The first-order chi connectivity index (χ1) is 6.88. The minimum Gasteiger partial charge on any atom is -0.256 e. The van der Waals surface area contributed by atoms with Crippen LogP contribution in [0.2, 0.25) is 0 Å². The van der Waals surface area contributed by atoms with Crippen molar-refractivity contribution in [3.8, 4) is 0 Å². The van der Waals surface area contributed by atoms with Gasteiger partial charge in [-0.05, 0) is 24.3 Å². The Balaban J connectivity index is 2.35. The first-order valence-electron chi connectivity index (χ1n) is 4.32. The van der Waals surface area contributed by atoms with Gasteiger partial charge < -0.3 is 0 Å². The Hall–Kier alpha value is -1.96. The number of nitrogens with zero attached hydrogens (tertiary/aromatic N) is 2. The van der Waals surface area contributed by atoms with Crippen LogP contribution in [0.1, 0.15) is 11.4 Å². The highest BCUT2D eigenvalue weighted by Crippen LogP contribution is 2.15. The molecule has 0 bridgehead atoms. The van der Waals surface area contributed by atoms with Gasteiger partial charge in [0.05, 0.1) is 17.6 Å². The van der Waals surface area contributed by atoms with Crippen LogP contribution in [-0.4, -0.2) is 9.97 Å². The van der Waals surface area contributed by atoms with Gasteiger partial charge in [-0.3, -0.25) is 4.98 Å². The minimum absolute atomic E-state index is 0.811. The van der Waals surface area contributed by atoms with Gasteiger partial charge in [0.2, 0.25) is 0 Å². The summed E-state index contributed by atoms with van der Waals surface area (Å²) in [5.41, 5.74) is 2.48. The largest absolute Gasteiger partial charge is 0.256 e. The zero-order chi connectivity index (χ0) is 9.80. The van der Waals surface area contributed by atoms with Gasteiger partial charge in [0, 0.05) is 11.8 Å². The van der Waals surface area contributed by atoms with E-state index in [1.54, 1.807) is 12.3 Å². The number of aromatic nitrogens is 2. The molecule has 1 radical (unpaired) electrons. The number of hydrogen-bond donors (Lipinski definition) is 0. The summed E-state index contributed by atoms with van der Waals surface area (Å²) in [5.74, 6) is 0. The van der Waals surface area contributed by atoms with Crippen molar-refractivity contribution in [1.82, 2.24) is 9.97 Å². The highest BCUT2D eigenvalue weighted by atomic mass is 14.7. The summed E-state index contributed by atoms with van der Waals surface area (Å²) >= 11 is 0. The Kier molecular flexibility index (Phi) is 2.36. The third-order valence-electron chi connectivity index (χ3n) is 1.89. The van der Waals surface area contributed by atoms with Crippen molar-refractivity contribution in [3.05, 3.63) is 66.8 Å². The lowest BCUT2D eigenvalue weighted by Crippen LogP contribution is -1.91. The molecule has 0 aliphatic heterocycles. The van der Waals surface area contributed by atoms with Gasteiger partial charge in [0.15, 0.2) is 0 Å². The van der Waals surface area contributed by atoms with Crippen LogP contribution in [0, 0.1) is 6.20 Å². The lowest BCUT2D eigenvalue weighted by molar-refractivity contribution is 1.22. The summed E-state index contributed by atoms with van der Waals surface area (Å²) in [7, 11) is 0. The van der Waals surface area contributed by atoms with Crippen molar-refractivity contribution in [2.75, 3.05) is 0 Å². The van der Waals surface area contributed by atoms with Gasteiger partial charge in [-0.25, -0.2) is 4.98 Å². The predicted molar refractivity (Wildman–Crippen MR) is 55.4 cm³/mol. The summed E-state index contributed by atoms with van der Waals surface area (Å²) in [4.78, 5) is 8.29. The molecule has 2 aromatic heterocycles. The zero-order valence-electron chi connectivity index (χ0n) is 7.64. The van der Waals surface area contributed by atoms with Gasteiger partial charge in [0.25, 0.3) is 0 Å². The molecule has 0 saturated carbocycles. The van der Waals surface area contributed by atoms with E-state index in [9.17, 15) is 0 Å². The van der Waals surface area contributed by atoms with Gasteiger partial charge in [-0.2, -0.15) is 0 Å². The molecule has 0 saturated heterocycles. The summed E-state index contributed by atoms with van der Waals surface area (Å²) in [5, 5.41) is 0. The Morgan fingerprint density at radius 3 is 2.64 bits per heavy atom. The lowest BCUT2D eigenvalue weighted by atomic mass is 10.1. The molecule has 0 fully saturated rings. The van der Waals surface area contributed by atoms with Crippen LogP contribution in [0.3, 0.4) is 0 Å². The average Bonchev–Trinajstić information content (AvgIpc) is 2.30. The maximum absolute atomic E-state index is 4.20. The SMILES string of the molecule is C=C(c1ccc[c]n1)c1ccccn1. The molecule has 2 rings (SSSR count). The minimum atomic E-state index is 0.811. The molecule has 2 nitrogen and oxygen atoms in total. The smallest absolute Gasteiger partial charge is 0.0893 e. The van der Waals surface area contributed by atoms with Crippen LogP contribution in [0.4, 0.5) is 0 Å². The molecule has 0 amide bonds. The molecule has 0 atom stereocenters. The molecule has 67 valence electrons. The van der Waals surface area contributed by atoms with E-state index in [1.165, 1.54) is 0 Å². The molecule has 2 heteroatoms. The van der Waals surface area contributed by atoms with E-state index in [0.717, 1.165) is 17.0 Å². The monoisotopic (exact) mass is 181 g/mol. The quantitative estimate of drug-likeness (QED) is 0.710. The Morgan fingerprint density at radius 1 is 1.14 bits per heavy atom. The average molecular weight is 181 g/mol. The Labute approximate surface area is 83.0 Å². The predicted octanol–water partition coefficient (Wildman–Crippen LogP) is 2.34. The van der Waals surface area contributed by atoms with Gasteiger partial charge in [-0.1, -0.05) is 18.7 Å².